The minimum absolute atomic E-state index is 0.447. The van der Waals surface area contributed by atoms with Crippen LogP contribution in [0.4, 0.5) is 0 Å². The summed E-state index contributed by atoms with van der Waals surface area (Å²) in [4.78, 5) is 2.62. The van der Waals surface area contributed by atoms with Crippen LogP contribution in [0.5, 0.6) is 0 Å². The van der Waals surface area contributed by atoms with Crippen molar-refractivity contribution in [1.82, 2.24) is 10.2 Å². The monoisotopic (exact) mass is 240 g/mol. The van der Waals surface area contributed by atoms with Gasteiger partial charge in [0.15, 0.2) is 0 Å². The number of rotatable bonds is 3. The van der Waals surface area contributed by atoms with Gasteiger partial charge >= 0.3 is 0 Å². The van der Waals surface area contributed by atoms with E-state index in [1.54, 1.807) is 0 Å². The van der Waals surface area contributed by atoms with Crippen LogP contribution in [0.1, 0.15) is 33.1 Å². The quantitative estimate of drug-likeness (QED) is 0.813. The lowest BCUT2D eigenvalue weighted by Gasteiger charge is -2.39. The molecule has 0 spiro atoms. The van der Waals surface area contributed by atoms with Gasteiger partial charge in [-0.3, -0.25) is 0 Å². The fraction of sp³-hybridized carbons (Fsp3) is 1.00. The number of likely N-dealkylation sites (tertiary alicyclic amines) is 1. The molecule has 0 radical (unpaired) electrons. The van der Waals surface area contributed by atoms with Gasteiger partial charge in [0, 0.05) is 26.2 Å². The molecule has 2 rings (SSSR count). The smallest absolute Gasteiger partial charge is 0.0724 e. The fourth-order valence-electron chi connectivity index (χ4n) is 3.34. The maximum absolute atomic E-state index is 5.59. The standard InChI is InChI=1S/C14H28N2O/c1-11-5-7-16(10-14(11)17-3)9-13-4-6-15-12(2)8-13/h11-15H,4-10H2,1-3H3. The van der Waals surface area contributed by atoms with E-state index >= 15 is 0 Å². The molecule has 3 heteroatoms. The molecule has 2 saturated heterocycles. The highest BCUT2D eigenvalue weighted by atomic mass is 16.5. The normalized spacial score (nSPS) is 40.4. The molecule has 0 aromatic carbocycles. The van der Waals surface area contributed by atoms with Gasteiger partial charge in [0.2, 0.25) is 0 Å². The van der Waals surface area contributed by atoms with Crippen LogP contribution in [0, 0.1) is 11.8 Å². The van der Waals surface area contributed by atoms with Gasteiger partial charge in [0.25, 0.3) is 0 Å². The molecule has 2 aliphatic heterocycles. The van der Waals surface area contributed by atoms with E-state index in [0.29, 0.717) is 12.1 Å². The molecule has 2 aliphatic rings. The number of hydrogen-bond acceptors (Lipinski definition) is 3. The molecule has 0 saturated carbocycles. The van der Waals surface area contributed by atoms with E-state index in [4.69, 9.17) is 4.74 Å². The van der Waals surface area contributed by atoms with Gasteiger partial charge in [0.05, 0.1) is 6.10 Å². The minimum Gasteiger partial charge on any atom is -0.380 e. The first kappa shape index (κ1) is 13.3. The van der Waals surface area contributed by atoms with Crippen LogP contribution < -0.4 is 5.32 Å². The third-order valence-corrected chi connectivity index (χ3v) is 4.52. The lowest BCUT2D eigenvalue weighted by Crippen LogP contribution is -2.47. The zero-order chi connectivity index (χ0) is 12.3. The maximum Gasteiger partial charge on any atom is 0.0724 e. The summed E-state index contributed by atoms with van der Waals surface area (Å²) in [6, 6.07) is 0.704. The van der Waals surface area contributed by atoms with Gasteiger partial charge in [-0.1, -0.05) is 6.92 Å². The van der Waals surface area contributed by atoms with Crippen molar-refractivity contribution in [3.05, 3.63) is 0 Å². The number of nitrogens with zero attached hydrogens (tertiary/aromatic N) is 1. The van der Waals surface area contributed by atoms with Crippen LogP contribution in [-0.4, -0.2) is 50.3 Å². The number of piperidine rings is 2. The van der Waals surface area contributed by atoms with Crippen molar-refractivity contribution >= 4 is 0 Å². The molecule has 0 aliphatic carbocycles. The topological polar surface area (TPSA) is 24.5 Å². The van der Waals surface area contributed by atoms with Crippen LogP contribution in [-0.2, 0) is 4.74 Å². The molecule has 4 unspecified atom stereocenters. The summed E-state index contributed by atoms with van der Waals surface area (Å²) in [5, 5.41) is 3.53. The van der Waals surface area contributed by atoms with E-state index in [1.807, 2.05) is 7.11 Å². The maximum atomic E-state index is 5.59. The van der Waals surface area contributed by atoms with Crippen LogP contribution in [0.15, 0.2) is 0 Å². The molecule has 0 amide bonds. The van der Waals surface area contributed by atoms with Crippen molar-refractivity contribution in [1.29, 1.82) is 0 Å². The molecule has 4 atom stereocenters. The molecule has 100 valence electrons. The third kappa shape index (κ3) is 3.67. The lowest BCUT2D eigenvalue weighted by atomic mass is 9.90. The summed E-state index contributed by atoms with van der Waals surface area (Å²) < 4.78 is 5.59. The average Bonchev–Trinajstić information content (AvgIpc) is 2.32. The molecular weight excluding hydrogens is 212 g/mol. The summed E-state index contributed by atoms with van der Waals surface area (Å²) in [6.45, 7) is 9.50. The van der Waals surface area contributed by atoms with Gasteiger partial charge in [-0.2, -0.15) is 0 Å². The predicted octanol–water partition coefficient (Wildman–Crippen LogP) is 1.73. The van der Waals surface area contributed by atoms with E-state index in [0.717, 1.165) is 18.4 Å². The predicted molar refractivity (Wildman–Crippen MR) is 71.2 cm³/mol. The van der Waals surface area contributed by atoms with E-state index in [2.05, 4.69) is 24.1 Å². The molecule has 2 fully saturated rings. The Morgan fingerprint density at radius 2 is 2.12 bits per heavy atom. The van der Waals surface area contributed by atoms with Crippen molar-refractivity contribution in [3.8, 4) is 0 Å². The van der Waals surface area contributed by atoms with Crippen molar-refractivity contribution in [2.24, 2.45) is 11.8 Å². The fourth-order valence-corrected chi connectivity index (χ4v) is 3.34. The Kier molecular flexibility index (Phi) is 4.83. The lowest BCUT2D eigenvalue weighted by molar-refractivity contribution is -0.0110. The highest BCUT2D eigenvalue weighted by molar-refractivity contribution is 4.82. The second-order valence-electron chi connectivity index (χ2n) is 6.05. The molecule has 0 aromatic heterocycles. The van der Waals surface area contributed by atoms with Crippen molar-refractivity contribution in [3.63, 3.8) is 0 Å². The number of hydrogen-bond donors (Lipinski definition) is 1. The zero-order valence-electron chi connectivity index (χ0n) is 11.6. The molecule has 17 heavy (non-hydrogen) atoms. The number of methoxy groups -OCH3 is 1. The van der Waals surface area contributed by atoms with Gasteiger partial charge < -0.3 is 15.0 Å². The Morgan fingerprint density at radius 1 is 1.29 bits per heavy atom. The Morgan fingerprint density at radius 3 is 2.82 bits per heavy atom. The van der Waals surface area contributed by atoms with E-state index in [9.17, 15) is 0 Å². The largest absolute Gasteiger partial charge is 0.380 e. The molecule has 0 bridgehead atoms. The van der Waals surface area contributed by atoms with Crippen LogP contribution in [0.2, 0.25) is 0 Å². The first-order chi connectivity index (χ1) is 8.19. The highest BCUT2D eigenvalue weighted by Gasteiger charge is 2.28. The number of nitrogens with one attached hydrogen (secondary N) is 1. The zero-order valence-corrected chi connectivity index (χ0v) is 11.6. The second kappa shape index (κ2) is 6.17. The van der Waals surface area contributed by atoms with Gasteiger partial charge in [-0.15, -0.1) is 0 Å². The molecule has 2 heterocycles. The summed E-state index contributed by atoms with van der Waals surface area (Å²) in [6.07, 6.45) is 4.42. The van der Waals surface area contributed by atoms with Crippen molar-refractivity contribution < 1.29 is 4.74 Å². The highest BCUT2D eigenvalue weighted by Crippen LogP contribution is 2.23. The summed E-state index contributed by atoms with van der Waals surface area (Å²) in [5.74, 6) is 1.61. The van der Waals surface area contributed by atoms with Crippen LogP contribution in [0.3, 0.4) is 0 Å². The summed E-state index contributed by atoms with van der Waals surface area (Å²) >= 11 is 0. The Labute approximate surface area is 106 Å². The summed E-state index contributed by atoms with van der Waals surface area (Å²) in [5.41, 5.74) is 0. The average molecular weight is 240 g/mol. The second-order valence-corrected chi connectivity index (χ2v) is 6.05. The van der Waals surface area contributed by atoms with Crippen LogP contribution >= 0.6 is 0 Å². The van der Waals surface area contributed by atoms with E-state index in [-0.39, 0.29) is 0 Å². The van der Waals surface area contributed by atoms with Gasteiger partial charge in [-0.25, -0.2) is 0 Å². The van der Waals surface area contributed by atoms with E-state index in [1.165, 1.54) is 38.9 Å². The van der Waals surface area contributed by atoms with Crippen molar-refractivity contribution in [2.75, 3.05) is 33.3 Å². The van der Waals surface area contributed by atoms with Gasteiger partial charge in [-0.05, 0) is 51.1 Å². The molecule has 1 N–H and O–H groups in total. The Hall–Kier alpha value is -0.120. The van der Waals surface area contributed by atoms with Crippen molar-refractivity contribution in [2.45, 2.75) is 45.3 Å². The Bertz CT molecular complexity index is 234. The Balaban J connectivity index is 1.78. The molecule has 0 aromatic rings. The first-order valence-electron chi connectivity index (χ1n) is 7.17. The first-order valence-corrected chi connectivity index (χ1v) is 7.17. The van der Waals surface area contributed by atoms with E-state index < -0.39 is 0 Å². The third-order valence-electron chi connectivity index (χ3n) is 4.52. The van der Waals surface area contributed by atoms with Crippen LogP contribution in [0.25, 0.3) is 0 Å². The van der Waals surface area contributed by atoms with Gasteiger partial charge in [0.1, 0.15) is 0 Å². The minimum atomic E-state index is 0.447. The molecule has 3 nitrogen and oxygen atoms in total. The summed E-state index contributed by atoms with van der Waals surface area (Å²) in [7, 11) is 1.86. The number of ether oxygens (including phenoxy) is 1. The molecular formula is C14H28N2O. The SMILES string of the molecule is COC1CN(CC2CCNC(C)C2)CCC1C.